The molecule has 0 aromatic heterocycles. The van der Waals surface area contributed by atoms with Crippen LogP contribution in [-0.2, 0) is 8.85 Å². The Morgan fingerprint density at radius 1 is 1.47 bits per heavy atom. The average molecular weight is 246 g/mol. The first-order valence-electron chi connectivity index (χ1n) is 5.96. The number of allylic oxidation sites excluding steroid dienone is 1. The van der Waals surface area contributed by atoms with Gasteiger partial charge in [0.25, 0.3) is 0 Å². The Labute approximate surface area is 104 Å². The van der Waals surface area contributed by atoms with Crippen LogP contribution >= 0.6 is 0 Å². The van der Waals surface area contributed by atoms with Gasteiger partial charge in [-0.25, -0.2) is 0 Å². The van der Waals surface area contributed by atoms with E-state index in [1.165, 1.54) is 5.20 Å². The average Bonchev–Trinajstić information content (AvgIpc) is 2.72. The Balaban J connectivity index is 2.15. The fourth-order valence-electron chi connectivity index (χ4n) is 2.53. The van der Waals surface area contributed by atoms with Crippen molar-refractivity contribution in [1.29, 1.82) is 0 Å². The quantitative estimate of drug-likeness (QED) is 0.422. The minimum absolute atomic E-state index is 0.140. The molecular formula is C14H18O2Si. The second-order valence-corrected chi connectivity index (χ2v) is 7.50. The van der Waals surface area contributed by atoms with Crippen LogP contribution in [0.15, 0.2) is 36.6 Å². The summed E-state index contributed by atoms with van der Waals surface area (Å²) in [6, 6.07) is 0.813. The molecule has 2 rings (SSSR count). The fourth-order valence-corrected chi connectivity index (χ4v) is 6.06. The molecule has 2 heterocycles. The van der Waals surface area contributed by atoms with Gasteiger partial charge >= 0.3 is 8.56 Å². The Hall–Kier alpha value is -1.08. The van der Waals surface area contributed by atoms with Crippen LogP contribution in [0.3, 0.4) is 0 Å². The van der Waals surface area contributed by atoms with Crippen molar-refractivity contribution in [3.8, 4) is 12.3 Å². The van der Waals surface area contributed by atoms with Gasteiger partial charge in [0.1, 0.15) is 0 Å². The lowest BCUT2D eigenvalue weighted by atomic mass is 10.1. The summed E-state index contributed by atoms with van der Waals surface area (Å²) < 4.78 is 12.3. The second kappa shape index (κ2) is 5.05. The van der Waals surface area contributed by atoms with Gasteiger partial charge in [-0.2, -0.15) is 0 Å². The van der Waals surface area contributed by atoms with Gasteiger partial charge in [0.2, 0.25) is 0 Å². The van der Waals surface area contributed by atoms with E-state index in [4.69, 9.17) is 15.3 Å². The maximum absolute atomic E-state index is 6.14. The molecule has 1 unspecified atom stereocenters. The van der Waals surface area contributed by atoms with Gasteiger partial charge in [-0.1, -0.05) is 18.2 Å². The minimum atomic E-state index is -2.20. The predicted octanol–water partition coefficient (Wildman–Crippen LogP) is 2.87. The van der Waals surface area contributed by atoms with E-state index in [-0.39, 0.29) is 12.2 Å². The molecular weight excluding hydrogens is 228 g/mol. The van der Waals surface area contributed by atoms with Crippen LogP contribution in [0.1, 0.15) is 19.3 Å². The summed E-state index contributed by atoms with van der Waals surface area (Å²) in [5.74, 6) is 2.67. The smallest absolute Gasteiger partial charge is 0.372 e. The Morgan fingerprint density at radius 2 is 2.29 bits per heavy atom. The van der Waals surface area contributed by atoms with E-state index in [1.54, 1.807) is 0 Å². The molecule has 2 aliphatic rings. The molecule has 0 saturated carbocycles. The van der Waals surface area contributed by atoms with E-state index in [0.717, 1.165) is 18.9 Å². The lowest BCUT2D eigenvalue weighted by molar-refractivity contribution is 0.131. The topological polar surface area (TPSA) is 18.5 Å². The van der Waals surface area contributed by atoms with Crippen LogP contribution in [0, 0.1) is 12.3 Å². The predicted molar refractivity (Wildman–Crippen MR) is 71.5 cm³/mol. The SMILES string of the molecule is C#CC[C@@H]1CC2=C[C@@H](CC=C)O[Si]2(CC=C)O1. The molecule has 0 N–H and O–H groups in total. The molecule has 17 heavy (non-hydrogen) atoms. The summed E-state index contributed by atoms with van der Waals surface area (Å²) in [6.07, 6.45) is 14.1. The van der Waals surface area contributed by atoms with Gasteiger partial charge in [-0.05, 0) is 18.0 Å². The zero-order valence-electron chi connectivity index (χ0n) is 10.0. The van der Waals surface area contributed by atoms with E-state index < -0.39 is 8.56 Å². The third kappa shape index (κ3) is 2.30. The normalized spacial score (nSPS) is 34.9. The molecule has 0 radical (unpaired) electrons. The lowest BCUT2D eigenvalue weighted by Crippen LogP contribution is -2.39. The molecule has 90 valence electrons. The van der Waals surface area contributed by atoms with Crippen molar-refractivity contribution in [2.45, 2.75) is 37.5 Å². The molecule has 0 spiro atoms. The van der Waals surface area contributed by atoms with Crippen molar-refractivity contribution in [1.82, 2.24) is 0 Å². The molecule has 0 aromatic carbocycles. The Bertz CT molecular complexity index is 394. The molecule has 2 aliphatic heterocycles. The van der Waals surface area contributed by atoms with Crippen molar-refractivity contribution < 1.29 is 8.85 Å². The van der Waals surface area contributed by atoms with Crippen molar-refractivity contribution in [3.63, 3.8) is 0 Å². The van der Waals surface area contributed by atoms with E-state index >= 15 is 0 Å². The fraction of sp³-hybridized carbons (Fsp3) is 0.429. The number of hydrogen-bond donors (Lipinski definition) is 0. The molecule has 0 bridgehead atoms. The number of terminal acetylenes is 1. The highest BCUT2D eigenvalue weighted by Gasteiger charge is 2.53. The zero-order valence-corrected chi connectivity index (χ0v) is 11.0. The minimum Gasteiger partial charge on any atom is -0.387 e. The molecule has 0 aromatic rings. The molecule has 0 amide bonds. The third-order valence-electron chi connectivity index (χ3n) is 3.18. The highest BCUT2D eigenvalue weighted by molar-refractivity contribution is 6.76. The van der Waals surface area contributed by atoms with Crippen LogP contribution in [-0.4, -0.2) is 20.8 Å². The number of fused-ring (bicyclic) bond motifs is 1. The largest absolute Gasteiger partial charge is 0.387 e. The maximum Gasteiger partial charge on any atom is 0.372 e. The van der Waals surface area contributed by atoms with Crippen LogP contribution in [0.4, 0.5) is 0 Å². The molecule has 3 atom stereocenters. The van der Waals surface area contributed by atoms with E-state index in [1.807, 2.05) is 12.2 Å². The van der Waals surface area contributed by atoms with Crippen molar-refractivity contribution in [2.75, 3.05) is 0 Å². The number of rotatable bonds is 5. The first-order valence-corrected chi connectivity index (χ1v) is 7.98. The van der Waals surface area contributed by atoms with Crippen molar-refractivity contribution in [2.24, 2.45) is 0 Å². The van der Waals surface area contributed by atoms with E-state index in [9.17, 15) is 0 Å². The molecule has 0 aliphatic carbocycles. The van der Waals surface area contributed by atoms with E-state index in [2.05, 4.69) is 25.2 Å². The highest BCUT2D eigenvalue weighted by Crippen LogP contribution is 2.42. The summed E-state index contributed by atoms with van der Waals surface area (Å²) in [6.45, 7) is 7.56. The van der Waals surface area contributed by atoms with Crippen molar-refractivity contribution in [3.05, 3.63) is 36.6 Å². The second-order valence-electron chi connectivity index (χ2n) is 4.47. The summed E-state index contributed by atoms with van der Waals surface area (Å²) in [4.78, 5) is 0. The first kappa shape index (κ1) is 12.4. The maximum atomic E-state index is 6.14. The van der Waals surface area contributed by atoms with Crippen LogP contribution in [0.2, 0.25) is 6.04 Å². The summed E-state index contributed by atoms with van der Waals surface area (Å²) >= 11 is 0. The van der Waals surface area contributed by atoms with Gasteiger partial charge in [-0.15, -0.1) is 25.5 Å². The van der Waals surface area contributed by atoms with Crippen LogP contribution < -0.4 is 0 Å². The monoisotopic (exact) mass is 246 g/mol. The molecule has 1 saturated heterocycles. The Morgan fingerprint density at radius 3 is 2.94 bits per heavy atom. The standard InChI is InChI=1S/C14H18O2Si/c1-4-7-12-10-14-11-13(8-5-2)16-17(14,15-12)9-6-3/h1,5-6,11-13H,2-3,7-10H2/t12-,13-,17?/m1/s1. The third-order valence-corrected chi connectivity index (χ3v) is 6.75. The summed E-state index contributed by atoms with van der Waals surface area (Å²) in [5, 5.41) is 1.35. The van der Waals surface area contributed by atoms with Gasteiger partial charge in [-0.3, -0.25) is 0 Å². The van der Waals surface area contributed by atoms with Crippen LogP contribution in [0.25, 0.3) is 0 Å². The molecule has 3 heteroatoms. The number of hydrogen-bond acceptors (Lipinski definition) is 2. The summed E-state index contributed by atoms with van der Waals surface area (Å²) in [5.41, 5.74) is 0. The van der Waals surface area contributed by atoms with Gasteiger partial charge < -0.3 is 8.85 Å². The van der Waals surface area contributed by atoms with Crippen molar-refractivity contribution >= 4 is 8.56 Å². The van der Waals surface area contributed by atoms with E-state index in [0.29, 0.717) is 6.42 Å². The van der Waals surface area contributed by atoms with Gasteiger partial charge in [0.05, 0.1) is 12.2 Å². The Kier molecular flexibility index (Phi) is 3.68. The highest BCUT2D eigenvalue weighted by atomic mass is 28.4. The van der Waals surface area contributed by atoms with Gasteiger partial charge in [0, 0.05) is 12.5 Å². The zero-order chi connectivity index (χ0) is 12.3. The molecule has 1 fully saturated rings. The first-order chi connectivity index (χ1) is 8.24. The summed E-state index contributed by atoms with van der Waals surface area (Å²) in [7, 11) is -2.20. The van der Waals surface area contributed by atoms with Crippen LogP contribution in [0.5, 0.6) is 0 Å². The lowest BCUT2D eigenvalue weighted by Gasteiger charge is -2.24. The molecule has 2 nitrogen and oxygen atoms in total. The van der Waals surface area contributed by atoms with Gasteiger partial charge in [0.15, 0.2) is 0 Å².